The van der Waals surface area contributed by atoms with Gasteiger partial charge >= 0.3 is 0 Å². The lowest BCUT2D eigenvalue weighted by Crippen LogP contribution is -2.33. The van der Waals surface area contributed by atoms with E-state index in [9.17, 15) is 4.79 Å². The van der Waals surface area contributed by atoms with Gasteiger partial charge in [0.2, 0.25) is 5.91 Å². The molecule has 0 bridgehead atoms. The Labute approximate surface area is 108 Å². The van der Waals surface area contributed by atoms with Gasteiger partial charge in [-0.15, -0.1) is 0 Å². The van der Waals surface area contributed by atoms with Crippen LogP contribution in [-0.2, 0) is 6.42 Å². The van der Waals surface area contributed by atoms with Gasteiger partial charge in [-0.05, 0) is 67.0 Å². The van der Waals surface area contributed by atoms with Gasteiger partial charge in [0.05, 0.1) is 3.57 Å². The van der Waals surface area contributed by atoms with Gasteiger partial charge in [-0.25, -0.2) is 0 Å². The quantitative estimate of drug-likeness (QED) is 0.804. The van der Waals surface area contributed by atoms with Crippen molar-refractivity contribution in [1.29, 1.82) is 0 Å². The third-order valence-corrected chi connectivity index (χ3v) is 3.58. The smallest absolute Gasteiger partial charge is 0.248 e. The molecule has 1 amide bonds. The maximum Gasteiger partial charge on any atom is 0.248 e. The van der Waals surface area contributed by atoms with Crippen LogP contribution in [0.5, 0.6) is 5.75 Å². The van der Waals surface area contributed by atoms with Crippen LogP contribution in [0.2, 0.25) is 0 Å². The predicted octanol–water partition coefficient (Wildman–Crippen LogP) is 2.49. The second kappa shape index (κ2) is 3.91. The Kier molecular flexibility index (Phi) is 2.86. The van der Waals surface area contributed by atoms with E-state index >= 15 is 0 Å². The van der Waals surface area contributed by atoms with Gasteiger partial charge in [0.1, 0.15) is 11.4 Å². The SMILES string of the molecule is CC1(C)CCc2cc(C(N)=O)cc(I)c2O1. The van der Waals surface area contributed by atoms with E-state index in [2.05, 4.69) is 36.4 Å². The molecule has 16 heavy (non-hydrogen) atoms. The number of hydrogen-bond acceptors (Lipinski definition) is 2. The van der Waals surface area contributed by atoms with Gasteiger partial charge in [0.25, 0.3) is 0 Å². The Morgan fingerprint density at radius 2 is 2.19 bits per heavy atom. The molecule has 0 aromatic heterocycles. The molecule has 0 fully saturated rings. The number of aryl methyl sites for hydroxylation is 1. The monoisotopic (exact) mass is 331 g/mol. The molecule has 1 aliphatic rings. The van der Waals surface area contributed by atoms with E-state index in [1.807, 2.05) is 6.07 Å². The van der Waals surface area contributed by atoms with E-state index in [4.69, 9.17) is 10.5 Å². The summed E-state index contributed by atoms with van der Waals surface area (Å²) < 4.78 is 6.88. The van der Waals surface area contributed by atoms with Crippen molar-refractivity contribution in [2.45, 2.75) is 32.3 Å². The molecule has 0 spiro atoms. The van der Waals surface area contributed by atoms with Gasteiger partial charge in [-0.3, -0.25) is 4.79 Å². The minimum Gasteiger partial charge on any atom is -0.486 e. The first kappa shape index (κ1) is 11.7. The summed E-state index contributed by atoms with van der Waals surface area (Å²) in [7, 11) is 0. The summed E-state index contributed by atoms with van der Waals surface area (Å²) in [6.45, 7) is 4.15. The van der Waals surface area contributed by atoms with E-state index in [-0.39, 0.29) is 11.5 Å². The van der Waals surface area contributed by atoms with Gasteiger partial charge in [-0.1, -0.05) is 0 Å². The van der Waals surface area contributed by atoms with Crippen molar-refractivity contribution >= 4 is 28.5 Å². The molecule has 86 valence electrons. The third kappa shape index (κ3) is 2.16. The van der Waals surface area contributed by atoms with Crippen LogP contribution in [0, 0.1) is 3.57 Å². The fourth-order valence-corrected chi connectivity index (χ4v) is 2.65. The van der Waals surface area contributed by atoms with Crippen LogP contribution in [0.3, 0.4) is 0 Å². The van der Waals surface area contributed by atoms with E-state index in [1.54, 1.807) is 6.07 Å². The summed E-state index contributed by atoms with van der Waals surface area (Å²) in [4.78, 5) is 11.1. The first-order valence-electron chi connectivity index (χ1n) is 5.20. The molecule has 1 heterocycles. The number of carbonyl (C=O) groups excluding carboxylic acids is 1. The number of fused-ring (bicyclic) bond motifs is 1. The zero-order chi connectivity index (χ0) is 11.9. The summed E-state index contributed by atoms with van der Waals surface area (Å²) in [6.07, 6.45) is 1.89. The Hall–Kier alpha value is -0.780. The number of hydrogen-bond donors (Lipinski definition) is 1. The molecule has 0 radical (unpaired) electrons. The lowest BCUT2D eigenvalue weighted by molar-refractivity contribution is 0.0834. The van der Waals surface area contributed by atoms with Crippen molar-refractivity contribution < 1.29 is 9.53 Å². The third-order valence-electron chi connectivity index (χ3n) is 2.78. The van der Waals surface area contributed by atoms with Crippen LogP contribution in [0.15, 0.2) is 12.1 Å². The van der Waals surface area contributed by atoms with Crippen molar-refractivity contribution in [3.63, 3.8) is 0 Å². The number of nitrogens with two attached hydrogens (primary N) is 1. The van der Waals surface area contributed by atoms with Gasteiger partial charge < -0.3 is 10.5 Å². The van der Waals surface area contributed by atoms with E-state index in [1.165, 1.54) is 0 Å². The maximum atomic E-state index is 11.1. The molecule has 0 atom stereocenters. The largest absolute Gasteiger partial charge is 0.486 e. The Bertz CT molecular complexity index is 455. The molecule has 4 heteroatoms. The van der Waals surface area contributed by atoms with Crippen LogP contribution < -0.4 is 10.5 Å². The predicted molar refractivity (Wildman–Crippen MR) is 70.7 cm³/mol. The molecule has 0 saturated heterocycles. The van der Waals surface area contributed by atoms with Crippen LogP contribution >= 0.6 is 22.6 Å². The number of primary amides is 1. The first-order chi connectivity index (χ1) is 7.39. The van der Waals surface area contributed by atoms with E-state index in [0.717, 1.165) is 27.7 Å². The van der Waals surface area contributed by atoms with Crippen molar-refractivity contribution in [2.75, 3.05) is 0 Å². The standard InChI is InChI=1S/C12H14INO2/c1-12(2)4-3-7-5-8(11(14)15)6-9(13)10(7)16-12/h5-6H,3-4H2,1-2H3,(H2,14,15). The Morgan fingerprint density at radius 1 is 1.50 bits per heavy atom. The highest BCUT2D eigenvalue weighted by Crippen LogP contribution is 2.37. The van der Waals surface area contributed by atoms with Crippen molar-refractivity contribution in [1.82, 2.24) is 0 Å². The lowest BCUT2D eigenvalue weighted by atomic mass is 9.93. The van der Waals surface area contributed by atoms with Crippen molar-refractivity contribution in [2.24, 2.45) is 5.73 Å². The molecule has 0 saturated carbocycles. The highest BCUT2D eigenvalue weighted by molar-refractivity contribution is 14.1. The minimum atomic E-state index is -0.384. The molecule has 0 unspecified atom stereocenters. The lowest BCUT2D eigenvalue weighted by Gasteiger charge is -2.33. The number of benzene rings is 1. The van der Waals surface area contributed by atoms with Crippen LogP contribution in [0.4, 0.5) is 0 Å². The number of ether oxygens (including phenoxy) is 1. The number of rotatable bonds is 1. The molecule has 3 nitrogen and oxygen atoms in total. The molecule has 0 aliphatic carbocycles. The molecular weight excluding hydrogens is 317 g/mol. The van der Waals surface area contributed by atoms with Crippen LogP contribution in [0.1, 0.15) is 36.2 Å². The molecule has 1 aliphatic heterocycles. The molecule has 2 N–H and O–H groups in total. The normalized spacial score (nSPS) is 17.4. The summed E-state index contributed by atoms with van der Waals surface area (Å²) in [6, 6.07) is 3.62. The Balaban J connectivity index is 2.48. The fraction of sp³-hybridized carbons (Fsp3) is 0.417. The zero-order valence-electron chi connectivity index (χ0n) is 9.34. The van der Waals surface area contributed by atoms with Crippen molar-refractivity contribution in [3.05, 3.63) is 26.8 Å². The summed E-state index contributed by atoms with van der Waals surface area (Å²) in [5.41, 5.74) is 6.81. The molecule has 2 rings (SSSR count). The number of carbonyl (C=O) groups is 1. The van der Waals surface area contributed by atoms with Gasteiger partial charge in [0, 0.05) is 5.56 Å². The average molecular weight is 331 g/mol. The van der Waals surface area contributed by atoms with Gasteiger partial charge in [-0.2, -0.15) is 0 Å². The number of halogens is 1. The molecular formula is C12H14INO2. The minimum absolute atomic E-state index is 0.124. The fourth-order valence-electron chi connectivity index (χ4n) is 1.86. The molecule has 1 aromatic carbocycles. The highest BCUT2D eigenvalue weighted by atomic mass is 127. The highest BCUT2D eigenvalue weighted by Gasteiger charge is 2.28. The number of amides is 1. The first-order valence-corrected chi connectivity index (χ1v) is 6.28. The van der Waals surface area contributed by atoms with Crippen LogP contribution in [-0.4, -0.2) is 11.5 Å². The Morgan fingerprint density at radius 3 is 2.81 bits per heavy atom. The zero-order valence-corrected chi connectivity index (χ0v) is 11.5. The summed E-state index contributed by atoms with van der Waals surface area (Å²) in [5.74, 6) is 0.521. The maximum absolute atomic E-state index is 11.1. The van der Waals surface area contributed by atoms with E-state index in [0.29, 0.717) is 5.56 Å². The summed E-state index contributed by atoms with van der Waals surface area (Å²) >= 11 is 2.19. The molecule has 1 aromatic rings. The van der Waals surface area contributed by atoms with E-state index < -0.39 is 0 Å². The average Bonchev–Trinajstić information content (AvgIpc) is 2.18. The summed E-state index contributed by atoms with van der Waals surface area (Å²) in [5, 5.41) is 0. The van der Waals surface area contributed by atoms with Crippen LogP contribution in [0.25, 0.3) is 0 Å². The topological polar surface area (TPSA) is 52.3 Å². The second-order valence-corrected chi connectivity index (χ2v) is 5.83. The van der Waals surface area contributed by atoms with Gasteiger partial charge in [0.15, 0.2) is 0 Å². The second-order valence-electron chi connectivity index (χ2n) is 4.67. The van der Waals surface area contributed by atoms with Crippen molar-refractivity contribution in [3.8, 4) is 5.75 Å².